The molecule has 0 heterocycles. The summed E-state index contributed by atoms with van der Waals surface area (Å²) in [6.45, 7) is 0. The average molecular weight is 410 g/mol. The molecule has 3 rings (SSSR count). The lowest BCUT2D eigenvalue weighted by molar-refractivity contribution is -0.142. The van der Waals surface area contributed by atoms with Crippen LogP contribution in [0.25, 0.3) is 6.08 Å². The molecule has 2 atom stereocenters. The first-order valence-electron chi connectivity index (χ1n) is 9.88. The lowest BCUT2D eigenvalue weighted by Crippen LogP contribution is -2.43. The molecule has 31 heavy (non-hydrogen) atoms. The molecule has 0 radical (unpaired) electrons. The van der Waals surface area contributed by atoms with Gasteiger partial charge < -0.3 is 10.4 Å². The van der Waals surface area contributed by atoms with E-state index in [2.05, 4.69) is 11.4 Å². The lowest BCUT2D eigenvalue weighted by atomic mass is 9.90. The van der Waals surface area contributed by atoms with Crippen molar-refractivity contribution in [3.05, 3.63) is 113 Å². The number of hydrogen-bond acceptors (Lipinski definition) is 3. The highest BCUT2D eigenvalue weighted by atomic mass is 16.4. The second kappa shape index (κ2) is 10.6. The first-order valence-corrected chi connectivity index (χ1v) is 9.88. The van der Waals surface area contributed by atoms with Crippen molar-refractivity contribution in [1.29, 1.82) is 5.26 Å². The number of aliphatic carboxylic acids is 1. The highest BCUT2D eigenvalue weighted by Crippen LogP contribution is 2.18. The molecule has 0 spiro atoms. The van der Waals surface area contributed by atoms with E-state index in [0.29, 0.717) is 11.1 Å². The van der Waals surface area contributed by atoms with Gasteiger partial charge in [-0.2, -0.15) is 5.26 Å². The Morgan fingerprint density at radius 3 is 2.29 bits per heavy atom. The molecule has 0 fully saturated rings. The molecule has 0 saturated heterocycles. The highest BCUT2D eigenvalue weighted by Gasteiger charge is 2.28. The molecule has 1 amide bonds. The van der Waals surface area contributed by atoms with Crippen LogP contribution in [0, 0.1) is 17.2 Å². The molecule has 0 saturated carbocycles. The van der Waals surface area contributed by atoms with Crippen molar-refractivity contribution in [3.63, 3.8) is 0 Å². The van der Waals surface area contributed by atoms with Gasteiger partial charge in [-0.3, -0.25) is 9.59 Å². The van der Waals surface area contributed by atoms with Crippen LogP contribution in [0.15, 0.2) is 91.0 Å². The van der Waals surface area contributed by atoms with Crippen LogP contribution < -0.4 is 5.32 Å². The smallest absolute Gasteiger partial charge is 0.309 e. The lowest BCUT2D eigenvalue weighted by Gasteiger charge is -2.23. The fourth-order valence-electron chi connectivity index (χ4n) is 3.28. The zero-order valence-electron chi connectivity index (χ0n) is 16.8. The van der Waals surface area contributed by atoms with Gasteiger partial charge in [-0.25, -0.2) is 0 Å². The molecule has 3 aromatic carbocycles. The van der Waals surface area contributed by atoms with Crippen LogP contribution in [0.1, 0.15) is 27.0 Å². The van der Waals surface area contributed by atoms with E-state index in [4.69, 9.17) is 5.26 Å². The molecule has 5 nitrogen and oxygen atoms in total. The Balaban J connectivity index is 1.90. The second-order valence-electron chi connectivity index (χ2n) is 7.10. The summed E-state index contributed by atoms with van der Waals surface area (Å²) in [4.78, 5) is 24.9. The van der Waals surface area contributed by atoms with E-state index < -0.39 is 17.9 Å². The largest absolute Gasteiger partial charge is 0.481 e. The fourth-order valence-corrected chi connectivity index (χ4v) is 3.28. The van der Waals surface area contributed by atoms with Crippen molar-refractivity contribution in [2.24, 2.45) is 5.92 Å². The Morgan fingerprint density at radius 2 is 1.65 bits per heavy atom. The summed E-state index contributed by atoms with van der Waals surface area (Å²) in [7, 11) is 0. The molecular weight excluding hydrogens is 388 g/mol. The number of nitriles is 1. The number of carbonyl (C=O) groups excluding carboxylic acids is 1. The molecule has 154 valence electrons. The van der Waals surface area contributed by atoms with Gasteiger partial charge in [0.2, 0.25) is 0 Å². The van der Waals surface area contributed by atoms with E-state index in [1.807, 2.05) is 36.4 Å². The van der Waals surface area contributed by atoms with E-state index in [0.717, 1.165) is 11.1 Å². The summed E-state index contributed by atoms with van der Waals surface area (Å²) in [5.41, 5.74) is 2.54. The third kappa shape index (κ3) is 6.15. The van der Waals surface area contributed by atoms with Gasteiger partial charge in [0.1, 0.15) is 0 Å². The topological polar surface area (TPSA) is 90.2 Å². The Hall–Kier alpha value is -4.17. The minimum absolute atomic E-state index is 0.170. The number of carboxylic acid groups (broad SMARTS) is 1. The normalized spacial score (nSPS) is 12.6. The number of carboxylic acids is 1. The third-order valence-electron chi connectivity index (χ3n) is 4.89. The van der Waals surface area contributed by atoms with Crippen molar-refractivity contribution in [2.75, 3.05) is 0 Å². The monoisotopic (exact) mass is 410 g/mol. The van der Waals surface area contributed by atoms with Crippen molar-refractivity contribution in [3.8, 4) is 6.07 Å². The molecule has 0 aromatic heterocycles. The maximum absolute atomic E-state index is 12.8. The number of benzene rings is 3. The number of rotatable bonds is 8. The average Bonchev–Trinajstić information content (AvgIpc) is 2.81. The van der Waals surface area contributed by atoms with Gasteiger partial charge in [-0.05, 0) is 41.8 Å². The zero-order valence-corrected chi connectivity index (χ0v) is 16.8. The van der Waals surface area contributed by atoms with Gasteiger partial charge in [0.05, 0.1) is 23.6 Å². The Labute approximate surface area is 181 Å². The first kappa shape index (κ1) is 21.5. The quantitative estimate of drug-likeness (QED) is 0.579. The van der Waals surface area contributed by atoms with Crippen LogP contribution in [-0.4, -0.2) is 23.0 Å². The summed E-state index contributed by atoms with van der Waals surface area (Å²) in [5.74, 6) is -2.29. The van der Waals surface area contributed by atoms with Gasteiger partial charge in [0.15, 0.2) is 0 Å². The van der Waals surface area contributed by atoms with Gasteiger partial charge in [0, 0.05) is 5.56 Å². The van der Waals surface area contributed by atoms with Crippen LogP contribution >= 0.6 is 0 Å². The number of nitrogens with zero attached hydrogens (tertiary/aromatic N) is 1. The van der Waals surface area contributed by atoms with Gasteiger partial charge in [-0.1, -0.05) is 72.8 Å². The minimum Gasteiger partial charge on any atom is -0.481 e. The predicted molar refractivity (Wildman–Crippen MR) is 119 cm³/mol. The van der Waals surface area contributed by atoms with Crippen LogP contribution in [0.2, 0.25) is 0 Å². The molecule has 5 heteroatoms. The van der Waals surface area contributed by atoms with Gasteiger partial charge >= 0.3 is 5.97 Å². The third-order valence-corrected chi connectivity index (χ3v) is 4.89. The molecular formula is C26H22N2O3. The van der Waals surface area contributed by atoms with Crippen molar-refractivity contribution in [2.45, 2.75) is 12.5 Å². The molecule has 0 aliphatic heterocycles. The minimum atomic E-state index is -1.03. The first-order chi connectivity index (χ1) is 15.1. The molecule has 0 bridgehead atoms. The van der Waals surface area contributed by atoms with Crippen molar-refractivity contribution in [1.82, 2.24) is 5.32 Å². The van der Waals surface area contributed by atoms with Crippen molar-refractivity contribution < 1.29 is 14.7 Å². The Kier molecular flexibility index (Phi) is 7.34. The fraction of sp³-hybridized carbons (Fsp3) is 0.115. The van der Waals surface area contributed by atoms with E-state index in [9.17, 15) is 14.7 Å². The summed E-state index contributed by atoms with van der Waals surface area (Å²) < 4.78 is 0. The number of hydrogen-bond donors (Lipinski definition) is 2. The van der Waals surface area contributed by atoms with E-state index in [1.165, 1.54) is 0 Å². The van der Waals surface area contributed by atoms with E-state index in [-0.39, 0.29) is 12.3 Å². The standard InChI is InChI=1S/C26H22N2O3/c27-18-21-11-7-10-20(16-21)17-23(26(30)31)24(15-14-19-8-3-1-4-9-19)28-25(29)22-12-5-2-6-13-22/h1-16,23-24H,17H2,(H,28,29)(H,30,31)/b15-14+/t23-,24-/m1/s1. The molecule has 0 aliphatic rings. The summed E-state index contributed by atoms with van der Waals surface area (Å²) in [5, 5.41) is 22.0. The number of carbonyl (C=O) groups is 2. The highest BCUT2D eigenvalue weighted by molar-refractivity contribution is 5.94. The summed E-state index contributed by atoms with van der Waals surface area (Å²) in [6.07, 6.45) is 3.68. The van der Waals surface area contributed by atoms with Crippen molar-refractivity contribution >= 4 is 18.0 Å². The Bertz CT molecular complexity index is 1100. The van der Waals surface area contributed by atoms with Gasteiger partial charge in [-0.15, -0.1) is 0 Å². The number of nitrogens with one attached hydrogen (secondary N) is 1. The molecule has 0 unspecified atom stereocenters. The van der Waals surface area contributed by atoms with Gasteiger partial charge in [0.25, 0.3) is 5.91 Å². The van der Waals surface area contributed by atoms with Crippen LogP contribution in [0.4, 0.5) is 0 Å². The summed E-state index contributed by atoms with van der Waals surface area (Å²) >= 11 is 0. The maximum Gasteiger partial charge on any atom is 0.309 e. The second-order valence-corrected chi connectivity index (χ2v) is 7.10. The zero-order chi connectivity index (χ0) is 22.1. The van der Waals surface area contributed by atoms with Crippen LogP contribution in [0.3, 0.4) is 0 Å². The van der Waals surface area contributed by atoms with Crippen LogP contribution in [0.5, 0.6) is 0 Å². The van der Waals surface area contributed by atoms with E-state index in [1.54, 1.807) is 60.7 Å². The molecule has 3 aromatic rings. The van der Waals surface area contributed by atoms with E-state index >= 15 is 0 Å². The maximum atomic E-state index is 12.8. The SMILES string of the molecule is N#Cc1cccc(C[C@@H](C(=O)O)[C@@H](/C=C/c2ccccc2)NC(=O)c2ccccc2)c1. The Morgan fingerprint density at radius 1 is 0.968 bits per heavy atom. The predicted octanol–water partition coefficient (Wildman–Crippen LogP) is 4.31. The van der Waals surface area contributed by atoms with Crippen LogP contribution in [-0.2, 0) is 11.2 Å². The molecule has 0 aliphatic carbocycles. The number of amides is 1. The summed E-state index contributed by atoms with van der Waals surface area (Å²) in [6, 6.07) is 26.3. The molecule has 2 N–H and O–H groups in total.